The van der Waals surface area contributed by atoms with Crippen molar-refractivity contribution in [2.45, 2.75) is 44.2 Å². The molecule has 0 spiro atoms. The molecule has 3 aromatic heterocycles. The minimum absolute atomic E-state index is 0.0120. The van der Waals surface area contributed by atoms with E-state index in [0.717, 1.165) is 0 Å². The minimum atomic E-state index is -1.56. The van der Waals surface area contributed by atoms with Gasteiger partial charge in [-0.2, -0.15) is 14.9 Å². The molecule has 2 fully saturated rings. The van der Waals surface area contributed by atoms with Gasteiger partial charge in [0, 0.05) is 62.0 Å². The van der Waals surface area contributed by atoms with Crippen LogP contribution in [0, 0.1) is 0 Å². The summed E-state index contributed by atoms with van der Waals surface area (Å²) in [6, 6.07) is 8.97. The lowest BCUT2D eigenvalue weighted by molar-refractivity contribution is -0.149. The molecule has 2 aromatic carbocycles. The van der Waals surface area contributed by atoms with Crippen molar-refractivity contribution in [2.24, 2.45) is 14.1 Å². The fraction of sp³-hybridized carbons (Fsp3) is 0.317. The molecule has 21 nitrogen and oxygen atoms in total. The van der Waals surface area contributed by atoms with E-state index in [2.05, 4.69) is 47.9 Å². The van der Waals surface area contributed by atoms with Crippen molar-refractivity contribution in [1.82, 2.24) is 49.7 Å². The number of halogens is 2. The third kappa shape index (κ3) is 8.71. The van der Waals surface area contributed by atoms with Gasteiger partial charge >= 0.3 is 12.1 Å². The number of benzene rings is 2. The van der Waals surface area contributed by atoms with Crippen molar-refractivity contribution in [3.8, 4) is 5.88 Å². The maximum atomic E-state index is 15.5. The highest BCUT2D eigenvalue weighted by Gasteiger charge is 2.46. The smallest absolute Gasteiger partial charge is 0.423 e. The molecule has 0 aliphatic carbocycles. The fourth-order valence-corrected chi connectivity index (χ4v) is 7.79. The van der Waals surface area contributed by atoms with Crippen LogP contribution in [0.5, 0.6) is 5.88 Å². The average Bonchev–Trinajstić information content (AvgIpc) is 4.02. The number of aryl methyl sites for hydroxylation is 2. The Bertz CT molecular complexity index is 2740. The molecule has 3 aliphatic rings. The number of nitrogens with one attached hydrogen (secondary N) is 4. The van der Waals surface area contributed by atoms with Gasteiger partial charge in [0.25, 0.3) is 17.7 Å². The molecule has 0 bridgehead atoms. The summed E-state index contributed by atoms with van der Waals surface area (Å²) in [5.41, 5.74) is 3.25. The van der Waals surface area contributed by atoms with E-state index in [0.29, 0.717) is 60.8 Å². The first-order valence-electron chi connectivity index (χ1n) is 19.9. The summed E-state index contributed by atoms with van der Waals surface area (Å²) >= 11 is 5.99. The molecular formula is C41H41ClFN13O8. The first kappa shape index (κ1) is 43.0. The van der Waals surface area contributed by atoms with Crippen molar-refractivity contribution in [1.29, 1.82) is 0 Å². The van der Waals surface area contributed by atoms with Crippen LogP contribution in [-0.2, 0) is 46.3 Å². The van der Waals surface area contributed by atoms with Gasteiger partial charge in [-0.1, -0.05) is 36.4 Å². The number of piperidine rings is 1. The molecule has 7 amide bonds. The maximum Gasteiger partial charge on any atom is 0.423 e. The topological polar surface area (TPSA) is 240 Å². The molecule has 6 heterocycles. The zero-order valence-corrected chi connectivity index (χ0v) is 35.4. The molecule has 64 heavy (non-hydrogen) atoms. The Morgan fingerprint density at radius 3 is 2.66 bits per heavy atom. The number of urea groups is 1. The number of rotatable bonds is 12. The van der Waals surface area contributed by atoms with Gasteiger partial charge in [-0.3, -0.25) is 23.9 Å². The van der Waals surface area contributed by atoms with E-state index in [9.17, 15) is 28.8 Å². The van der Waals surface area contributed by atoms with Crippen LogP contribution in [0.1, 0.15) is 34.3 Å². The highest BCUT2D eigenvalue weighted by Crippen LogP contribution is 2.32. The second kappa shape index (κ2) is 17.6. The Kier molecular flexibility index (Phi) is 11.9. The number of anilines is 4. The van der Waals surface area contributed by atoms with Crippen LogP contribution in [-0.4, -0.2) is 120 Å². The van der Waals surface area contributed by atoms with Gasteiger partial charge in [0.2, 0.25) is 17.8 Å². The summed E-state index contributed by atoms with van der Waals surface area (Å²) in [5, 5.41) is 15.9. The third-order valence-corrected chi connectivity index (χ3v) is 11.0. The summed E-state index contributed by atoms with van der Waals surface area (Å²) in [4.78, 5) is 95.7. The number of imide groups is 3. The first-order chi connectivity index (χ1) is 30.7. The molecule has 3 aliphatic heterocycles. The van der Waals surface area contributed by atoms with Crippen molar-refractivity contribution < 1.29 is 42.6 Å². The van der Waals surface area contributed by atoms with E-state index >= 15 is 4.39 Å². The number of carbonyl (C=O) groups is 6. The van der Waals surface area contributed by atoms with Gasteiger partial charge in [0.05, 0.1) is 32.2 Å². The average molecular weight is 898 g/mol. The summed E-state index contributed by atoms with van der Waals surface area (Å²) in [7, 11) is 4.95. The zero-order chi connectivity index (χ0) is 45.4. The Hall–Kier alpha value is -7.62. The van der Waals surface area contributed by atoms with E-state index in [1.54, 1.807) is 83.2 Å². The second-order valence-electron chi connectivity index (χ2n) is 15.3. The van der Waals surface area contributed by atoms with Crippen LogP contribution in [0.15, 0.2) is 67.1 Å². The van der Waals surface area contributed by atoms with E-state index < -0.39 is 60.6 Å². The number of hydrogen-bond acceptors (Lipinski definition) is 14. The summed E-state index contributed by atoms with van der Waals surface area (Å²) in [6.45, 7) is 2.88. The Morgan fingerprint density at radius 2 is 1.88 bits per heavy atom. The van der Waals surface area contributed by atoms with E-state index in [4.69, 9.17) is 21.1 Å². The first-order valence-corrected chi connectivity index (χ1v) is 20.2. The number of amides is 7. The van der Waals surface area contributed by atoms with Crippen LogP contribution in [0.4, 0.5) is 37.1 Å². The lowest BCUT2D eigenvalue weighted by Crippen LogP contribution is -2.56. The Morgan fingerprint density at radius 1 is 1.06 bits per heavy atom. The molecule has 332 valence electrons. The number of hydrogen-bond donors (Lipinski definition) is 4. The van der Waals surface area contributed by atoms with Gasteiger partial charge in [0.15, 0.2) is 17.0 Å². The second-order valence-corrected chi connectivity index (χ2v) is 15.7. The van der Waals surface area contributed by atoms with Crippen molar-refractivity contribution in [3.05, 3.63) is 88.9 Å². The number of methoxy groups -OCH3 is 1. The molecule has 0 saturated carbocycles. The molecular weight excluding hydrogens is 857 g/mol. The number of carbonyl (C=O) groups excluding carboxylic acids is 6. The zero-order valence-electron chi connectivity index (χ0n) is 34.6. The fourth-order valence-electron chi connectivity index (χ4n) is 7.60. The van der Waals surface area contributed by atoms with Gasteiger partial charge < -0.3 is 45.1 Å². The van der Waals surface area contributed by atoms with E-state index in [1.165, 1.54) is 12.0 Å². The monoisotopic (exact) mass is 897 g/mol. The van der Waals surface area contributed by atoms with Crippen molar-refractivity contribution in [2.75, 3.05) is 42.3 Å². The quantitative estimate of drug-likeness (QED) is 0.104. The summed E-state index contributed by atoms with van der Waals surface area (Å²) < 4.78 is 29.3. The number of imidazole rings is 1. The van der Waals surface area contributed by atoms with Crippen LogP contribution in [0.3, 0.4) is 0 Å². The number of likely N-dealkylation sites (tertiary alicyclic amines) is 1. The van der Waals surface area contributed by atoms with Crippen LogP contribution < -0.4 is 30.9 Å². The number of fused-ring (bicyclic) bond motifs is 2. The number of ether oxygens (including phenoxy) is 2. The summed E-state index contributed by atoms with van der Waals surface area (Å²) in [6.07, 6.45) is 0.0672. The third-order valence-electron chi connectivity index (χ3n) is 10.8. The maximum absolute atomic E-state index is 15.5. The highest BCUT2D eigenvalue weighted by atomic mass is 35.5. The van der Waals surface area contributed by atoms with Gasteiger partial charge in [-0.05, 0) is 41.8 Å². The van der Waals surface area contributed by atoms with Gasteiger partial charge in [-0.25, -0.2) is 19.0 Å². The standard InChI is InChI=1S/C41H41ClFN13O8/c1-21(35(58)48-28-18-54(16-27(28)43)39-49-33(32-34(50-39)52(2)20-45-32)47-29-17-53(3)51-36(29)63-4)19-64-41(62)56-31(57)11-10-30(38(56)60)55-15-23-12-22(8-9-26(23)37(55)59)14-44-40(61)46-25-7-5-6-24(42)13-25/h5-9,12-13,17,20,27-28,30H,1,10-11,14-16,18-19H2,2-4H3,(H,48,58)(H2,44,46,61)(H,47,49,50)/t27-,28-,30?/m1/s1. The molecule has 5 aromatic rings. The molecule has 0 radical (unpaired) electrons. The Labute approximate surface area is 368 Å². The molecule has 4 N–H and O–H groups in total. The normalized spacial score (nSPS) is 18.3. The molecule has 2 saturated heterocycles. The van der Waals surface area contributed by atoms with Gasteiger partial charge in [-0.15, -0.1) is 5.10 Å². The lowest BCUT2D eigenvalue weighted by atomic mass is 10.0. The van der Waals surface area contributed by atoms with Crippen LogP contribution in [0.25, 0.3) is 11.2 Å². The molecule has 8 rings (SSSR count). The SMILES string of the molecule is C=C(COC(=O)N1C(=O)CCC(N2Cc3cc(CNC(=O)Nc4cccc(Cl)c4)ccc3C2=O)C1=O)C(=O)N[C@@H]1CN(c2nc(Nc3cn(C)nc3OC)c3ncn(C)c3n2)C[C@H]1F. The van der Waals surface area contributed by atoms with E-state index in [-0.39, 0.29) is 50.5 Å². The Balaban J connectivity index is 0.847. The molecule has 1 unspecified atom stereocenters. The predicted molar refractivity (Wildman–Crippen MR) is 227 cm³/mol. The summed E-state index contributed by atoms with van der Waals surface area (Å²) in [5.74, 6) is -2.31. The van der Waals surface area contributed by atoms with Crippen LogP contribution in [0.2, 0.25) is 5.02 Å². The van der Waals surface area contributed by atoms with Gasteiger partial charge in [0.1, 0.15) is 24.5 Å². The molecule has 3 atom stereocenters. The lowest BCUT2D eigenvalue weighted by Gasteiger charge is -2.33. The predicted octanol–water partition coefficient (Wildman–Crippen LogP) is 3.33. The van der Waals surface area contributed by atoms with E-state index in [1.807, 2.05) is 0 Å². The highest BCUT2D eigenvalue weighted by molar-refractivity contribution is 6.30. The number of alkyl halides is 1. The van der Waals surface area contributed by atoms with Crippen molar-refractivity contribution in [3.63, 3.8) is 0 Å². The molecule has 23 heteroatoms. The minimum Gasteiger partial charge on any atom is -0.478 e. The van der Waals surface area contributed by atoms with Crippen LogP contribution >= 0.6 is 11.6 Å². The number of nitrogens with zero attached hydrogens (tertiary/aromatic N) is 9. The largest absolute Gasteiger partial charge is 0.478 e. The number of aromatic nitrogens is 6. The van der Waals surface area contributed by atoms with Crippen molar-refractivity contribution >= 4 is 81.7 Å².